The third kappa shape index (κ3) is 3.72. The Kier molecular flexibility index (Phi) is 5.53. The number of fused-ring (bicyclic) bond motifs is 3. The van der Waals surface area contributed by atoms with Crippen LogP contribution in [-0.4, -0.2) is 33.0 Å². The third-order valence-corrected chi connectivity index (χ3v) is 8.08. The summed E-state index contributed by atoms with van der Waals surface area (Å²) in [5.41, 5.74) is 1.36. The molecule has 1 saturated heterocycles. The summed E-state index contributed by atoms with van der Waals surface area (Å²) in [6.07, 6.45) is 3.96. The summed E-state index contributed by atoms with van der Waals surface area (Å²) >= 11 is 1.52. The van der Waals surface area contributed by atoms with Crippen LogP contribution in [0.2, 0.25) is 0 Å². The highest BCUT2D eigenvalue weighted by Crippen LogP contribution is 2.35. The van der Waals surface area contributed by atoms with Crippen LogP contribution in [0.1, 0.15) is 42.7 Å². The van der Waals surface area contributed by atoms with E-state index in [1.54, 1.807) is 4.57 Å². The number of aryl methyl sites for hydroxylation is 2. The van der Waals surface area contributed by atoms with Gasteiger partial charge in [-0.05, 0) is 48.6 Å². The Morgan fingerprint density at radius 3 is 2.47 bits per heavy atom. The third-order valence-electron chi connectivity index (χ3n) is 6.77. The van der Waals surface area contributed by atoms with Gasteiger partial charge in [-0.25, -0.2) is 4.79 Å². The number of benzene rings is 1. The van der Waals surface area contributed by atoms with Gasteiger partial charge in [0.15, 0.2) is 0 Å². The Balaban J connectivity index is 1.60. The van der Waals surface area contributed by atoms with Gasteiger partial charge in [0.25, 0.3) is 5.56 Å². The van der Waals surface area contributed by atoms with Gasteiger partial charge in [-0.2, -0.15) is 0 Å². The lowest BCUT2D eigenvalue weighted by atomic mass is 9.92. The lowest BCUT2D eigenvalue weighted by molar-refractivity contribution is -0.134. The molecule has 2 aromatic heterocycles. The lowest BCUT2D eigenvalue weighted by Crippen LogP contribution is -2.47. The van der Waals surface area contributed by atoms with Crippen LogP contribution in [0.4, 0.5) is 0 Å². The van der Waals surface area contributed by atoms with Crippen molar-refractivity contribution in [2.24, 2.45) is 11.8 Å². The molecule has 32 heavy (non-hydrogen) atoms. The van der Waals surface area contributed by atoms with Gasteiger partial charge in [-0.3, -0.25) is 18.7 Å². The molecule has 2 aliphatic rings. The highest BCUT2D eigenvalue weighted by molar-refractivity contribution is 7.19. The fourth-order valence-electron chi connectivity index (χ4n) is 5.40. The smallest absolute Gasteiger partial charge is 0.332 e. The Labute approximate surface area is 191 Å². The number of hydrogen-bond acceptors (Lipinski definition) is 4. The molecule has 0 saturated carbocycles. The van der Waals surface area contributed by atoms with Crippen molar-refractivity contribution in [3.05, 3.63) is 67.2 Å². The molecule has 1 fully saturated rings. The number of aromatic nitrogens is 2. The largest absolute Gasteiger partial charge is 0.341 e. The number of nitrogens with zero attached hydrogens (tertiary/aromatic N) is 3. The van der Waals surface area contributed by atoms with E-state index >= 15 is 0 Å². The Morgan fingerprint density at radius 2 is 1.75 bits per heavy atom. The number of hydrogen-bond donors (Lipinski definition) is 0. The van der Waals surface area contributed by atoms with E-state index in [1.807, 2.05) is 35.2 Å². The van der Waals surface area contributed by atoms with Crippen LogP contribution in [0, 0.1) is 11.8 Å². The van der Waals surface area contributed by atoms with Gasteiger partial charge in [0.2, 0.25) is 5.91 Å². The van der Waals surface area contributed by atoms with Crippen LogP contribution in [0.15, 0.2) is 39.9 Å². The quantitative estimate of drug-likeness (QED) is 0.612. The van der Waals surface area contributed by atoms with Crippen molar-refractivity contribution in [3.63, 3.8) is 0 Å². The summed E-state index contributed by atoms with van der Waals surface area (Å²) in [5.74, 6) is 0.874. The summed E-state index contributed by atoms with van der Waals surface area (Å²) in [6, 6.07) is 9.56. The maximum atomic E-state index is 13.5. The van der Waals surface area contributed by atoms with Gasteiger partial charge in [0.1, 0.15) is 11.4 Å². The number of amides is 1. The van der Waals surface area contributed by atoms with E-state index in [4.69, 9.17) is 0 Å². The molecule has 5 rings (SSSR count). The van der Waals surface area contributed by atoms with E-state index in [0.717, 1.165) is 49.9 Å². The van der Waals surface area contributed by atoms with Gasteiger partial charge >= 0.3 is 5.69 Å². The van der Waals surface area contributed by atoms with Gasteiger partial charge in [-0.15, -0.1) is 11.3 Å². The van der Waals surface area contributed by atoms with E-state index in [-0.39, 0.29) is 24.6 Å². The maximum Gasteiger partial charge on any atom is 0.332 e. The molecule has 0 spiro atoms. The van der Waals surface area contributed by atoms with Crippen LogP contribution in [-0.2, 0) is 30.7 Å². The van der Waals surface area contributed by atoms with Crippen molar-refractivity contribution < 1.29 is 4.79 Å². The van der Waals surface area contributed by atoms with Crippen molar-refractivity contribution in [2.45, 2.75) is 52.6 Å². The molecule has 1 aliphatic heterocycles. The average Bonchev–Trinajstić information content (AvgIpc) is 3.35. The van der Waals surface area contributed by atoms with E-state index < -0.39 is 5.69 Å². The first-order chi connectivity index (χ1) is 15.4. The number of likely N-dealkylation sites (tertiary alicyclic amines) is 1. The average molecular weight is 452 g/mol. The molecule has 168 valence electrons. The van der Waals surface area contributed by atoms with Crippen LogP contribution in [0.3, 0.4) is 0 Å². The second-order valence-corrected chi connectivity index (χ2v) is 10.6. The lowest BCUT2D eigenvalue weighted by Gasteiger charge is -2.35. The second-order valence-electron chi connectivity index (χ2n) is 9.53. The second kappa shape index (κ2) is 8.35. The molecule has 2 atom stereocenters. The van der Waals surface area contributed by atoms with Crippen molar-refractivity contribution in [3.8, 4) is 0 Å². The van der Waals surface area contributed by atoms with Crippen molar-refractivity contribution in [1.29, 1.82) is 0 Å². The first-order valence-corrected chi connectivity index (χ1v) is 12.3. The zero-order chi connectivity index (χ0) is 22.4. The number of thiophene rings is 1. The number of carbonyl (C=O) groups excluding carboxylic acids is 1. The minimum atomic E-state index is -0.391. The molecule has 3 aromatic rings. The van der Waals surface area contributed by atoms with E-state index in [2.05, 4.69) is 13.8 Å². The Bertz CT molecular complexity index is 1280. The number of piperidine rings is 1. The standard InChI is InChI=1S/C25H29N3O3S/c1-16-11-17(2)13-26(12-16)21(29)15-28-24-22(19-9-6-10-20(19)32-24)23(30)27(25(28)31)14-18-7-4-3-5-8-18/h3-5,7-8,16-17H,6,9-15H2,1-2H3/t16-,17+. The fourth-order valence-corrected chi connectivity index (χ4v) is 6.77. The fraction of sp³-hybridized carbons (Fsp3) is 0.480. The number of rotatable bonds is 4. The zero-order valence-corrected chi connectivity index (χ0v) is 19.5. The molecule has 1 aliphatic carbocycles. The summed E-state index contributed by atoms with van der Waals surface area (Å²) in [5, 5.41) is 0.645. The minimum absolute atomic E-state index is 0.0107. The highest BCUT2D eigenvalue weighted by atomic mass is 32.1. The first kappa shape index (κ1) is 21.2. The van der Waals surface area contributed by atoms with Gasteiger partial charge in [-0.1, -0.05) is 44.2 Å². The summed E-state index contributed by atoms with van der Waals surface area (Å²) in [4.78, 5) is 44.0. The highest BCUT2D eigenvalue weighted by Gasteiger charge is 2.29. The molecule has 1 aromatic carbocycles. The summed E-state index contributed by atoms with van der Waals surface area (Å²) in [7, 11) is 0. The normalized spacial score (nSPS) is 20.6. The summed E-state index contributed by atoms with van der Waals surface area (Å²) in [6.45, 7) is 6.00. The molecule has 0 bridgehead atoms. The first-order valence-electron chi connectivity index (χ1n) is 11.5. The maximum absolute atomic E-state index is 13.5. The molecule has 7 heteroatoms. The Morgan fingerprint density at radius 1 is 1.03 bits per heavy atom. The number of carbonyl (C=O) groups is 1. The topological polar surface area (TPSA) is 64.3 Å². The molecular weight excluding hydrogens is 422 g/mol. The van der Waals surface area contributed by atoms with E-state index in [0.29, 0.717) is 22.1 Å². The molecule has 3 heterocycles. The predicted octanol–water partition coefficient (Wildman–Crippen LogP) is 3.27. The van der Waals surface area contributed by atoms with Crippen molar-refractivity contribution >= 4 is 27.5 Å². The van der Waals surface area contributed by atoms with Crippen LogP contribution >= 0.6 is 11.3 Å². The van der Waals surface area contributed by atoms with Crippen LogP contribution in [0.25, 0.3) is 10.2 Å². The molecule has 6 nitrogen and oxygen atoms in total. The molecular formula is C25H29N3O3S. The van der Waals surface area contributed by atoms with Crippen LogP contribution < -0.4 is 11.2 Å². The Hall–Kier alpha value is -2.67. The molecule has 1 amide bonds. The van der Waals surface area contributed by atoms with Crippen molar-refractivity contribution in [2.75, 3.05) is 13.1 Å². The summed E-state index contributed by atoms with van der Waals surface area (Å²) < 4.78 is 2.88. The molecule has 0 N–H and O–H groups in total. The van der Waals surface area contributed by atoms with E-state index in [9.17, 15) is 14.4 Å². The minimum Gasteiger partial charge on any atom is -0.341 e. The molecule has 0 radical (unpaired) electrons. The zero-order valence-electron chi connectivity index (χ0n) is 18.7. The SMILES string of the molecule is C[C@@H]1C[C@H](C)CN(C(=O)Cn2c(=O)n(Cc3ccccc3)c(=O)c3c4c(sc32)CCC4)C1. The van der Waals surface area contributed by atoms with Gasteiger partial charge in [0, 0.05) is 18.0 Å². The van der Waals surface area contributed by atoms with Crippen molar-refractivity contribution in [1.82, 2.24) is 14.0 Å². The monoisotopic (exact) mass is 451 g/mol. The molecule has 0 unspecified atom stereocenters. The van der Waals surface area contributed by atoms with Gasteiger partial charge < -0.3 is 4.90 Å². The predicted molar refractivity (Wildman–Crippen MR) is 127 cm³/mol. The van der Waals surface area contributed by atoms with E-state index in [1.165, 1.54) is 20.8 Å². The van der Waals surface area contributed by atoms with Crippen LogP contribution in [0.5, 0.6) is 0 Å². The van der Waals surface area contributed by atoms with Gasteiger partial charge in [0.05, 0.1) is 11.9 Å².